The van der Waals surface area contributed by atoms with E-state index in [0.29, 0.717) is 5.39 Å². The van der Waals surface area contributed by atoms with Gasteiger partial charge in [-0.25, -0.2) is 8.78 Å². The summed E-state index contributed by atoms with van der Waals surface area (Å²) in [6.07, 6.45) is -0.0876. The van der Waals surface area contributed by atoms with E-state index in [1.807, 2.05) is 5.32 Å². The Hall–Kier alpha value is -4.86. The first-order valence-corrected chi connectivity index (χ1v) is 14.4. The van der Waals surface area contributed by atoms with Crippen LogP contribution in [0.1, 0.15) is 12.8 Å². The van der Waals surface area contributed by atoms with Gasteiger partial charge in [0.05, 0.1) is 6.42 Å². The zero-order valence-corrected chi connectivity index (χ0v) is 23.6. The van der Waals surface area contributed by atoms with Crippen molar-refractivity contribution in [3.63, 3.8) is 0 Å². The van der Waals surface area contributed by atoms with Crippen LogP contribution in [0.25, 0.3) is 10.8 Å². The van der Waals surface area contributed by atoms with Gasteiger partial charge in [-0.05, 0) is 17.9 Å². The van der Waals surface area contributed by atoms with E-state index in [0.717, 1.165) is 5.39 Å². The third-order valence-corrected chi connectivity index (χ3v) is 6.88. The molecule has 3 atom stereocenters. The zero-order valence-electron chi connectivity index (χ0n) is 22.8. The molecule has 4 N–H and O–H groups in total. The number of aliphatic carboxylic acids is 1. The van der Waals surface area contributed by atoms with Crippen molar-refractivity contribution in [3.8, 4) is 5.75 Å². The molecule has 3 amide bonds. The second-order valence-electron chi connectivity index (χ2n) is 9.28. The molecule has 0 aliphatic heterocycles. The molecule has 0 aliphatic carbocycles. The van der Waals surface area contributed by atoms with Crippen molar-refractivity contribution in [2.75, 3.05) is 23.9 Å². The van der Waals surface area contributed by atoms with Crippen LogP contribution in [0.2, 0.25) is 0 Å². The van der Waals surface area contributed by atoms with Crippen molar-refractivity contribution in [2.45, 2.75) is 24.9 Å². The van der Waals surface area contributed by atoms with Gasteiger partial charge in [-0.3, -0.25) is 28.2 Å². The minimum atomic E-state index is -1.95. The third kappa shape index (κ3) is 8.82. The Balaban J connectivity index is 1.74. The van der Waals surface area contributed by atoms with E-state index in [9.17, 15) is 50.8 Å². The monoisotopic (exact) mass is 639 g/mol. The molecular weight excluding hydrogens is 614 g/mol. The molecule has 0 radical (unpaired) electrons. The van der Waals surface area contributed by atoms with Gasteiger partial charge in [-0.15, -0.1) is 0 Å². The Kier molecular flexibility index (Phi) is 11.5. The number of carbonyl (C=O) groups excluding carboxylic acids is 4. The number of carbonyl (C=O) groups is 5. The first-order valence-electron chi connectivity index (χ1n) is 12.7. The van der Waals surface area contributed by atoms with Crippen LogP contribution in [0.5, 0.6) is 5.75 Å². The van der Waals surface area contributed by atoms with Gasteiger partial charge >= 0.3 is 17.8 Å². The normalized spacial score (nSPS) is 12.9. The highest BCUT2D eigenvalue weighted by molar-refractivity contribution is 7.84. The van der Waals surface area contributed by atoms with Crippen molar-refractivity contribution in [1.82, 2.24) is 10.6 Å². The number of amides is 3. The van der Waals surface area contributed by atoms with Crippen LogP contribution in [-0.4, -0.2) is 69.5 Å². The summed E-state index contributed by atoms with van der Waals surface area (Å²) < 4.78 is 70.9. The molecule has 0 aliphatic rings. The maximum atomic E-state index is 13.9. The predicted molar refractivity (Wildman–Crippen MR) is 149 cm³/mol. The molecule has 0 spiro atoms. The molecule has 0 saturated heterocycles. The lowest BCUT2D eigenvalue weighted by Gasteiger charge is -2.22. The number of carboxylic acid groups (broad SMARTS) is 1. The molecule has 3 rings (SSSR count). The highest BCUT2D eigenvalue weighted by Gasteiger charge is 2.31. The number of hydrogen-bond donors (Lipinski definition) is 4. The Morgan fingerprint density at radius 2 is 1.52 bits per heavy atom. The van der Waals surface area contributed by atoms with Crippen LogP contribution in [0, 0.1) is 23.3 Å². The van der Waals surface area contributed by atoms with Crippen LogP contribution in [-0.2, 0) is 34.8 Å². The van der Waals surface area contributed by atoms with Gasteiger partial charge in [0.1, 0.15) is 18.7 Å². The fourth-order valence-corrected chi connectivity index (χ4v) is 4.47. The largest absolute Gasteiger partial charge is 0.481 e. The first kappa shape index (κ1) is 33.6. The Labute approximate surface area is 249 Å². The number of anilines is 1. The summed E-state index contributed by atoms with van der Waals surface area (Å²) >= 11 is 0. The van der Waals surface area contributed by atoms with Crippen LogP contribution in [0.4, 0.5) is 23.2 Å². The number of carboxylic acids is 1. The molecule has 0 bridgehead atoms. The first-order chi connectivity index (χ1) is 20.8. The molecule has 0 fully saturated rings. The summed E-state index contributed by atoms with van der Waals surface area (Å²) in [5, 5.41) is 17.2. The van der Waals surface area contributed by atoms with Crippen LogP contribution < -0.4 is 20.7 Å². The molecule has 234 valence electrons. The molecule has 0 heterocycles. The Morgan fingerprint density at radius 3 is 2.16 bits per heavy atom. The van der Waals surface area contributed by atoms with E-state index < -0.39 is 94.4 Å². The third-order valence-electron chi connectivity index (χ3n) is 6.07. The molecule has 3 unspecified atom stereocenters. The quantitative estimate of drug-likeness (QED) is 0.125. The van der Waals surface area contributed by atoms with Gasteiger partial charge in [0.25, 0.3) is 0 Å². The SMILES string of the molecule is CS(=O)CCC(NC(=O)C(=O)Nc1cccc2ccccc12)C(=O)NC(CC(=O)O)C(=O)COc1c(F)c(F)cc(F)c1F. The second kappa shape index (κ2) is 15.0. The van der Waals surface area contributed by atoms with E-state index in [4.69, 9.17) is 0 Å². The van der Waals surface area contributed by atoms with E-state index in [1.165, 1.54) is 12.3 Å². The molecule has 11 nitrogen and oxygen atoms in total. The fourth-order valence-electron chi connectivity index (χ4n) is 3.90. The molecular formula is C28H25F4N3O8S. The van der Waals surface area contributed by atoms with E-state index in [2.05, 4.69) is 15.4 Å². The van der Waals surface area contributed by atoms with Crippen LogP contribution in [0.3, 0.4) is 0 Å². The minimum Gasteiger partial charge on any atom is -0.481 e. The Morgan fingerprint density at radius 1 is 0.886 bits per heavy atom. The molecule has 0 aromatic heterocycles. The van der Waals surface area contributed by atoms with Crippen LogP contribution >= 0.6 is 0 Å². The van der Waals surface area contributed by atoms with E-state index >= 15 is 0 Å². The van der Waals surface area contributed by atoms with Gasteiger partial charge in [-0.2, -0.15) is 8.78 Å². The molecule has 16 heteroatoms. The number of halogens is 4. The van der Waals surface area contributed by atoms with Gasteiger partial charge < -0.3 is 25.8 Å². The molecule has 44 heavy (non-hydrogen) atoms. The van der Waals surface area contributed by atoms with Crippen molar-refractivity contribution in [3.05, 3.63) is 71.8 Å². The topological polar surface area (TPSA) is 168 Å². The summed E-state index contributed by atoms with van der Waals surface area (Å²) in [6.45, 7) is -1.32. The molecule has 0 saturated carbocycles. The van der Waals surface area contributed by atoms with Crippen molar-refractivity contribution in [1.29, 1.82) is 0 Å². The summed E-state index contributed by atoms with van der Waals surface area (Å²) in [4.78, 5) is 62.5. The smallest absolute Gasteiger partial charge is 0.313 e. The number of benzene rings is 3. The number of nitrogens with one attached hydrogen (secondary N) is 3. The summed E-state index contributed by atoms with van der Waals surface area (Å²) in [5.41, 5.74) is 0.289. The van der Waals surface area contributed by atoms with E-state index in [1.54, 1.807) is 36.4 Å². The average Bonchev–Trinajstić information content (AvgIpc) is 2.97. The lowest BCUT2D eigenvalue weighted by molar-refractivity contribution is -0.141. The minimum absolute atomic E-state index is 0.0904. The Bertz CT molecular complexity index is 1610. The van der Waals surface area contributed by atoms with E-state index in [-0.39, 0.29) is 23.9 Å². The van der Waals surface area contributed by atoms with Crippen molar-refractivity contribution in [2.24, 2.45) is 0 Å². The van der Waals surface area contributed by atoms with Gasteiger partial charge in [0.15, 0.2) is 23.2 Å². The van der Waals surface area contributed by atoms with Crippen LogP contribution in [0.15, 0.2) is 48.5 Å². The second-order valence-corrected chi connectivity index (χ2v) is 10.8. The van der Waals surface area contributed by atoms with Gasteiger partial charge in [0.2, 0.25) is 17.5 Å². The number of rotatable bonds is 13. The highest BCUT2D eigenvalue weighted by atomic mass is 32.2. The summed E-state index contributed by atoms with van der Waals surface area (Å²) in [5.74, 6) is -15.8. The average molecular weight is 640 g/mol. The maximum Gasteiger partial charge on any atom is 0.313 e. The van der Waals surface area contributed by atoms with Crippen molar-refractivity contribution < 1.29 is 55.6 Å². The highest BCUT2D eigenvalue weighted by Crippen LogP contribution is 2.26. The maximum absolute atomic E-state index is 13.9. The lowest BCUT2D eigenvalue weighted by atomic mass is 10.1. The standard InChI is InChI=1S/C28H25F4N3O8S/c1-44(42)10-9-19(34-28(41)27(40)33-18-8-4-6-14-5-2-3-7-15(14)18)26(39)35-20(12-22(37)38)21(36)13-43-25-23(31)16(29)11-17(30)24(25)32/h2-8,11,19-20H,9-10,12-13H2,1H3,(H,33,40)(H,34,41)(H,35,39)(H,37,38). The number of Topliss-reactive ketones (excluding diaryl/α,β-unsaturated/α-hetero) is 1. The number of fused-ring (bicyclic) bond motifs is 1. The molecule has 3 aromatic rings. The number of hydrogen-bond acceptors (Lipinski definition) is 7. The predicted octanol–water partition coefficient (Wildman–Crippen LogP) is 2.20. The lowest BCUT2D eigenvalue weighted by Crippen LogP contribution is -2.54. The van der Waals surface area contributed by atoms with Gasteiger partial charge in [-0.1, -0.05) is 36.4 Å². The summed E-state index contributed by atoms with van der Waals surface area (Å²) in [7, 11) is -1.48. The van der Waals surface area contributed by atoms with Crippen molar-refractivity contribution >= 4 is 56.7 Å². The molecule has 3 aromatic carbocycles. The fraction of sp³-hybridized carbons (Fsp3) is 0.250. The zero-order chi connectivity index (χ0) is 32.6. The number of ketones is 1. The summed E-state index contributed by atoms with van der Waals surface area (Å²) in [6, 6.07) is 8.32. The van der Waals surface area contributed by atoms with Gasteiger partial charge in [0, 0.05) is 39.9 Å². The number of ether oxygens (including phenoxy) is 1.